The predicted molar refractivity (Wildman–Crippen MR) is 207 cm³/mol. The van der Waals surface area contributed by atoms with Crippen LogP contribution in [0.25, 0.3) is 11.1 Å². The van der Waals surface area contributed by atoms with Gasteiger partial charge < -0.3 is 10.6 Å². The number of aryl methyl sites for hydroxylation is 2. The van der Waals surface area contributed by atoms with Crippen molar-refractivity contribution in [3.8, 4) is 0 Å². The third-order valence-corrected chi connectivity index (χ3v) is 13.0. The molecule has 2 aromatic carbocycles. The molecule has 2 atom stereocenters. The number of carbonyl (C=O) groups is 2. The Kier molecular flexibility index (Phi) is 9.51. The first-order chi connectivity index (χ1) is 23.9. The molecule has 0 bridgehead atoms. The molecular weight excluding hydrogens is 649 g/mol. The fraction of sp³-hybridized carbons (Fsp3) is 0.636. The zero-order valence-electron chi connectivity index (χ0n) is 34.2. The van der Waals surface area contributed by atoms with Crippen molar-refractivity contribution in [2.24, 2.45) is 11.8 Å². The number of fused-ring (bicyclic) bond motifs is 2. The molecule has 2 aliphatic carbocycles. The molecule has 2 aliphatic heterocycles. The van der Waals surface area contributed by atoms with Crippen LogP contribution in [-0.4, -0.2) is 56.2 Å². The summed E-state index contributed by atoms with van der Waals surface area (Å²) in [6.45, 7) is 28.7. The zero-order valence-corrected chi connectivity index (χ0v) is 34.2. The van der Waals surface area contributed by atoms with Gasteiger partial charge in [0.15, 0.2) is 0 Å². The number of hydroxylamine groups is 4. The van der Waals surface area contributed by atoms with Gasteiger partial charge in [-0.1, -0.05) is 13.8 Å². The van der Waals surface area contributed by atoms with E-state index >= 15 is 0 Å². The molecule has 0 aromatic heterocycles. The van der Waals surface area contributed by atoms with Gasteiger partial charge in [-0.05, 0) is 201 Å². The third kappa shape index (κ3) is 6.35. The van der Waals surface area contributed by atoms with E-state index in [2.05, 4.69) is 64.3 Å². The van der Waals surface area contributed by atoms with Crippen LogP contribution >= 0.6 is 0 Å². The van der Waals surface area contributed by atoms with Crippen LogP contribution in [-0.2, 0) is 23.3 Å². The summed E-state index contributed by atoms with van der Waals surface area (Å²) >= 11 is 0. The number of allylic oxidation sites excluding steroid dienone is 2. The van der Waals surface area contributed by atoms with E-state index in [0.717, 1.165) is 35.1 Å². The monoisotopic (exact) mass is 710 g/mol. The summed E-state index contributed by atoms with van der Waals surface area (Å²) in [6, 6.07) is 3.92. The highest BCUT2D eigenvalue weighted by Crippen LogP contribution is 2.52. The average Bonchev–Trinajstić information content (AvgIpc) is 3.54. The van der Waals surface area contributed by atoms with E-state index in [-0.39, 0.29) is 35.7 Å². The molecule has 2 radical (unpaired) electrons. The third-order valence-electron chi connectivity index (χ3n) is 13.0. The lowest BCUT2D eigenvalue weighted by Gasteiger charge is -2.50. The van der Waals surface area contributed by atoms with Gasteiger partial charge in [-0.25, -0.2) is 0 Å². The maximum atomic E-state index is 14.2. The second-order valence-corrected chi connectivity index (χ2v) is 19.5. The van der Waals surface area contributed by atoms with Crippen LogP contribution in [0, 0.1) is 39.5 Å². The average molecular weight is 711 g/mol. The molecule has 0 spiro atoms. The van der Waals surface area contributed by atoms with E-state index < -0.39 is 22.2 Å². The maximum Gasteiger partial charge on any atom is 0.251 e. The van der Waals surface area contributed by atoms with Crippen molar-refractivity contribution < 1.29 is 20.0 Å². The van der Waals surface area contributed by atoms with E-state index in [0.29, 0.717) is 36.8 Å². The standard InChI is InChI=1S/C44H62N4O4/c1-23-15-33(39(49)45-29-19-41(7,8)47(51)42(9,10)20-29)27(5)37-31(23)17-25(3)35(37)36-26(4)18-32-24(2)16-34(28(6)38(32)36)40(50)46-30-21-43(11,12)48(52)44(13,14)22-30/h15-16,25-26,29-30H,17-22H2,1-14H3,(H,45,49)(H,46,50)/b36-35+. The fourth-order valence-electron chi connectivity index (χ4n) is 11.0. The fourth-order valence-corrected chi connectivity index (χ4v) is 11.0. The largest absolute Gasteiger partial charge is 0.349 e. The second kappa shape index (κ2) is 12.8. The van der Waals surface area contributed by atoms with Crippen LogP contribution in [0.1, 0.15) is 160 Å². The molecule has 8 heteroatoms. The molecule has 2 unspecified atom stereocenters. The van der Waals surface area contributed by atoms with E-state index in [4.69, 9.17) is 0 Å². The summed E-state index contributed by atoms with van der Waals surface area (Å²) in [5.74, 6) is 0.360. The first-order valence-corrected chi connectivity index (χ1v) is 19.5. The lowest BCUT2D eigenvalue weighted by atomic mass is 9.78. The second-order valence-electron chi connectivity index (χ2n) is 19.5. The van der Waals surface area contributed by atoms with Crippen molar-refractivity contribution in [3.63, 3.8) is 0 Å². The van der Waals surface area contributed by atoms with E-state index in [9.17, 15) is 20.0 Å². The molecule has 4 aliphatic rings. The Bertz CT molecular complexity index is 1700. The van der Waals surface area contributed by atoms with Crippen LogP contribution in [0.5, 0.6) is 0 Å². The number of carbonyl (C=O) groups excluding carboxylic acids is 2. The minimum atomic E-state index is -0.574. The van der Waals surface area contributed by atoms with Gasteiger partial charge in [0, 0.05) is 45.4 Å². The zero-order chi connectivity index (χ0) is 38.6. The lowest BCUT2D eigenvalue weighted by Crippen LogP contribution is -2.62. The minimum absolute atomic E-state index is 0.0803. The number of rotatable bonds is 4. The molecule has 2 heterocycles. The van der Waals surface area contributed by atoms with E-state index in [1.807, 2.05) is 55.4 Å². The highest BCUT2D eigenvalue weighted by molar-refractivity contribution is 6.05. The van der Waals surface area contributed by atoms with Crippen molar-refractivity contribution in [2.75, 3.05) is 0 Å². The van der Waals surface area contributed by atoms with Crippen molar-refractivity contribution in [1.82, 2.24) is 20.8 Å². The number of piperidine rings is 2. The van der Waals surface area contributed by atoms with Crippen molar-refractivity contribution >= 4 is 23.0 Å². The summed E-state index contributed by atoms with van der Waals surface area (Å²) < 4.78 is 0. The Labute approximate surface area is 312 Å². The van der Waals surface area contributed by atoms with E-state index in [1.165, 1.54) is 43.5 Å². The molecule has 2 aromatic rings. The Balaban J connectivity index is 1.39. The van der Waals surface area contributed by atoms with Crippen molar-refractivity contribution in [2.45, 2.75) is 170 Å². The first-order valence-electron chi connectivity index (χ1n) is 19.5. The molecule has 2 amide bonds. The molecule has 52 heavy (non-hydrogen) atoms. The van der Waals surface area contributed by atoms with Crippen LogP contribution in [0.4, 0.5) is 0 Å². The minimum Gasteiger partial charge on any atom is -0.349 e. The summed E-state index contributed by atoms with van der Waals surface area (Å²) in [5, 5.41) is 35.1. The number of nitrogens with zero attached hydrogens (tertiary/aromatic N) is 2. The molecular formula is C44H62N4O4. The molecule has 0 saturated carbocycles. The molecule has 2 saturated heterocycles. The Morgan fingerprint density at radius 3 is 1.15 bits per heavy atom. The van der Waals surface area contributed by atoms with Gasteiger partial charge in [0.1, 0.15) is 0 Å². The summed E-state index contributed by atoms with van der Waals surface area (Å²) in [6.07, 6.45) is 4.21. The molecule has 282 valence electrons. The number of benzene rings is 2. The molecule has 8 nitrogen and oxygen atoms in total. The Morgan fingerprint density at radius 1 is 0.577 bits per heavy atom. The van der Waals surface area contributed by atoms with Gasteiger partial charge in [0.2, 0.25) is 0 Å². The quantitative estimate of drug-likeness (QED) is 0.333. The van der Waals surface area contributed by atoms with E-state index in [1.54, 1.807) is 0 Å². The Morgan fingerprint density at radius 2 is 0.865 bits per heavy atom. The predicted octanol–water partition coefficient (Wildman–Crippen LogP) is 8.41. The van der Waals surface area contributed by atoms with Gasteiger partial charge in [-0.3, -0.25) is 9.59 Å². The first kappa shape index (κ1) is 38.7. The highest BCUT2D eigenvalue weighted by atomic mass is 16.5. The highest BCUT2D eigenvalue weighted by Gasteiger charge is 2.48. The van der Waals surface area contributed by atoms with Crippen molar-refractivity contribution in [1.29, 1.82) is 0 Å². The summed E-state index contributed by atoms with van der Waals surface area (Å²) in [5.41, 5.74) is 11.0. The van der Waals surface area contributed by atoms with Gasteiger partial charge >= 0.3 is 0 Å². The van der Waals surface area contributed by atoms with Gasteiger partial charge in [0.25, 0.3) is 11.8 Å². The molecule has 2 N–H and O–H groups in total. The molecule has 2 fully saturated rings. The Hall–Kier alpha value is -3.04. The SMILES string of the molecule is Cc1cc(C(=O)NC2CC(C)(C)N([O])C(C)(C)C2)c(C)c2c1CC(C)/C2=C1\c2c(C)c(C(=O)NC3CC(C)(C)N([O])C(C)(C)C3)cc(C)c2CC1C. The maximum absolute atomic E-state index is 14.2. The van der Waals surface area contributed by atoms with Crippen LogP contribution in [0.15, 0.2) is 12.1 Å². The normalized spacial score (nSPS) is 27.0. The smallest absolute Gasteiger partial charge is 0.251 e. The number of hydrogen-bond acceptors (Lipinski definition) is 4. The summed E-state index contributed by atoms with van der Waals surface area (Å²) in [7, 11) is 0. The van der Waals surface area contributed by atoms with Crippen LogP contribution in [0.2, 0.25) is 0 Å². The lowest BCUT2D eigenvalue weighted by molar-refractivity contribution is -0.289. The van der Waals surface area contributed by atoms with Crippen LogP contribution < -0.4 is 10.6 Å². The van der Waals surface area contributed by atoms with Gasteiger partial charge in [0.05, 0.1) is 0 Å². The van der Waals surface area contributed by atoms with Gasteiger partial charge in [-0.2, -0.15) is 0 Å². The number of nitrogens with one attached hydrogen (secondary N) is 2. The van der Waals surface area contributed by atoms with Gasteiger partial charge in [-0.15, -0.1) is 20.5 Å². The van der Waals surface area contributed by atoms with Crippen LogP contribution in [0.3, 0.4) is 0 Å². The number of hydrogen-bond donors (Lipinski definition) is 2. The topological polar surface area (TPSA) is 104 Å². The summed E-state index contributed by atoms with van der Waals surface area (Å²) in [4.78, 5) is 28.3. The molecule has 6 rings (SSSR count). The van der Waals surface area contributed by atoms with Crippen molar-refractivity contribution in [3.05, 3.63) is 67.8 Å². The number of amides is 2.